The molecule has 5 heteroatoms. The second-order valence-electron chi connectivity index (χ2n) is 10.0. The molecular weight excluding hydrogens is 396 g/mol. The third-order valence-electron chi connectivity index (χ3n) is 6.70. The Labute approximate surface area is 191 Å². The molecule has 3 aromatic rings. The van der Waals surface area contributed by atoms with Crippen LogP contribution in [0.1, 0.15) is 46.1 Å². The molecule has 2 heterocycles. The predicted octanol–water partition coefficient (Wildman–Crippen LogP) is 5.79. The number of hydrogen-bond acceptors (Lipinski definition) is 5. The average Bonchev–Trinajstić information content (AvgIpc) is 2.77. The quantitative estimate of drug-likeness (QED) is 0.537. The molecule has 0 saturated carbocycles. The number of aromatic nitrogens is 2. The Kier molecular flexibility index (Phi) is 6.20. The standard InChI is InChI=1S/C27H34N4O/c1-26(2)17-22(18-27(3,4)31(26)5)28-25-15-14-24(29-30-25)21-12-9-13-23(16-21)32-19-20-10-7-6-8-11-20/h6-16,22H,17-19H2,1-5H3,(H,28,30). The van der Waals surface area contributed by atoms with Crippen molar-refractivity contribution in [3.05, 3.63) is 72.3 Å². The fraction of sp³-hybridized carbons (Fsp3) is 0.407. The summed E-state index contributed by atoms with van der Waals surface area (Å²) in [5.41, 5.74) is 3.24. The van der Waals surface area contributed by atoms with Crippen LogP contribution in [-0.2, 0) is 6.61 Å². The molecular formula is C27H34N4O. The number of likely N-dealkylation sites (tertiary alicyclic amines) is 1. The number of nitrogens with zero attached hydrogens (tertiary/aromatic N) is 3. The summed E-state index contributed by atoms with van der Waals surface area (Å²) >= 11 is 0. The Morgan fingerprint density at radius 2 is 1.62 bits per heavy atom. The molecule has 0 spiro atoms. The smallest absolute Gasteiger partial charge is 0.148 e. The van der Waals surface area contributed by atoms with Gasteiger partial charge in [0.15, 0.2) is 0 Å². The largest absolute Gasteiger partial charge is 0.489 e. The van der Waals surface area contributed by atoms with Crippen molar-refractivity contribution in [1.82, 2.24) is 15.1 Å². The molecule has 1 saturated heterocycles. The SMILES string of the molecule is CN1C(C)(C)CC(Nc2ccc(-c3cccc(OCc4ccccc4)c3)nn2)CC1(C)C. The summed E-state index contributed by atoms with van der Waals surface area (Å²) < 4.78 is 5.96. The highest BCUT2D eigenvalue weighted by atomic mass is 16.5. The molecule has 0 radical (unpaired) electrons. The summed E-state index contributed by atoms with van der Waals surface area (Å²) in [6.07, 6.45) is 2.13. The van der Waals surface area contributed by atoms with E-state index in [0.717, 1.165) is 41.2 Å². The van der Waals surface area contributed by atoms with Crippen LogP contribution in [0.3, 0.4) is 0 Å². The van der Waals surface area contributed by atoms with Gasteiger partial charge in [-0.25, -0.2) is 0 Å². The molecule has 1 aliphatic heterocycles. The molecule has 0 atom stereocenters. The first-order valence-corrected chi connectivity index (χ1v) is 11.3. The Hall–Kier alpha value is -2.92. The van der Waals surface area contributed by atoms with E-state index in [-0.39, 0.29) is 11.1 Å². The van der Waals surface area contributed by atoms with Gasteiger partial charge in [-0.15, -0.1) is 10.2 Å². The van der Waals surface area contributed by atoms with Crippen LogP contribution < -0.4 is 10.1 Å². The van der Waals surface area contributed by atoms with Gasteiger partial charge in [0.05, 0.1) is 5.69 Å². The van der Waals surface area contributed by atoms with Crippen molar-refractivity contribution in [2.45, 2.75) is 64.3 Å². The molecule has 4 rings (SSSR count). The first-order chi connectivity index (χ1) is 15.2. The number of hydrogen-bond donors (Lipinski definition) is 1. The van der Waals surface area contributed by atoms with Crippen molar-refractivity contribution in [2.24, 2.45) is 0 Å². The summed E-state index contributed by atoms with van der Waals surface area (Å²) in [6.45, 7) is 9.78. The van der Waals surface area contributed by atoms with Gasteiger partial charge in [-0.3, -0.25) is 4.90 Å². The Balaban J connectivity index is 1.42. The van der Waals surface area contributed by atoms with E-state index >= 15 is 0 Å². The molecule has 0 amide bonds. The summed E-state index contributed by atoms with van der Waals surface area (Å²) in [4.78, 5) is 2.49. The number of rotatable bonds is 6. The van der Waals surface area contributed by atoms with E-state index in [1.54, 1.807) is 0 Å². The number of benzene rings is 2. The van der Waals surface area contributed by atoms with Crippen LogP contribution in [0, 0.1) is 0 Å². The van der Waals surface area contributed by atoms with E-state index < -0.39 is 0 Å². The number of ether oxygens (including phenoxy) is 1. The van der Waals surface area contributed by atoms with Gasteiger partial charge in [-0.2, -0.15) is 0 Å². The Bertz CT molecular complexity index is 1010. The lowest BCUT2D eigenvalue weighted by Gasteiger charge is -2.53. The maximum Gasteiger partial charge on any atom is 0.148 e. The van der Waals surface area contributed by atoms with Crippen molar-refractivity contribution in [1.29, 1.82) is 0 Å². The zero-order valence-electron chi connectivity index (χ0n) is 19.8. The van der Waals surface area contributed by atoms with Crippen LogP contribution in [0.15, 0.2) is 66.7 Å². The van der Waals surface area contributed by atoms with Gasteiger partial charge in [-0.05, 0) is 77.4 Å². The van der Waals surface area contributed by atoms with Crippen molar-refractivity contribution in [3.8, 4) is 17.0 Å². The minimum atomic E-state index is 0.132. The third kappa shape index (κ3) is 5.10. The van der Waals surface area contributed by atoms with E-state index in [4.69, 9.17) is 4.74 Å². The molecule has 1 N–H and O–H groups in total. The maximum atomic E-state index is 5.96. The highest BCUT2D eigenvalue weighted by molar-refractivity contribution is 5.61. The van der Waals surface area contributed by atoms with Crippen LogP contribution in [0.25, 0.3) is 11.3 Å². The molecule has 32 heavy (non-hydrogen) atoms. The van der Waals surface area contributed by atoms with E-state index in [2.05, 4.69) is 67.3 Å². The zero-order valence-corrected chi connectivity index (χ0v) is 19.8. The van der Waals surface area contributed by atoms with Gasteiger partial charge in [0.1, 0.15) is 18.2 Å². The minimum absolute atomic E-state index is 0.132. The molecule has 168 valence electrons. The monoisotopic (exact) mass is 430 g/mol. The molecule has 1 fully saturated rings. The number of anilines is 1. The first-order valence-electron chi connectivity index (χ1n) is 11.3. The predicted molar refractivity (Wildman–Crippen MR) is 131 cm³/mol. The molecule has 0 aliphatic carbocycles. The topological polar surface area (TPSA) is 50.3 Å². The lowest BCUT2D eigenvalue weighted by atomic mass is 9.77. The van der Waals surface area contributed by atoms with Gasteiger partial charge in [0.25, 0.3) is 0 Å². The molecule has 1 aromatic heterocycles. The summed E-state index contributed by atoms with van der Waals surface area (Å²) in [6, 6.07) is 22.6. The molecule has 1 aliphatic rings. The van der Waals surface area contributed by atoms with Crippen LogP contribution in [0.2, 0.25) is 0 Å². The second-order valence-corrected chi connectivity index (χ2v) is 10.0. The number of piperidine rings is 1. The Morgan fingerprint density at radius 1 is 0.906 bits per heavy atom. The van der Waals surface area contributed by atoms with Gasteiger partial charge < -0.3 is 10.1 Å². The van der Waals surface area contributed by atoms with E-state index in [1.807, 2.05) is 54.6 Å². The number of nitrogens with one attached hydrogen (secondary N) is 1. The highest BCUT2D eigenvalue weighted by Crippen LogP contribution is 2.37. The van der Waals surface area contributed by atoms with Gasteiger partial charge in [-0.1, -0.05) is 42.5 Å². The summed E-state index contributed by atoms with van der Waals surface area (Å²) in [5, 5.41) is 12.6. The molecule has 2 aromatic carbocycles. The van der Waals surface area contributed by atoms with E-state index in [1.165, 1.54) is 0 Å². The summed E-state index contributed by atoms with van der Waals surface area (Å²) in [5.74, 6) is 1.65. The Morgan fingerprint density at radius 3 is 2.28 bits per heavy atom. The van der Waals surface area contributed by atoms with E-state index in [9.17, 15) is 0 Å². The fourth-order valence-corrected chi connectivity index (χ4v) is 4.73. The lowest BCUT2D eigenvalue weighted by molar-refractivity contribution is -0.00773. The van der Waals surface area contributed by atoms with Gasteiger partial charge >= 0.3 is 0 Å². The molecule has 0 unspecified atom stereocenters. The van der Waals surface area contributed by atoms with Crippen LogP contribution in [0.4, 0.5) is 5.82 Å². The van der Waals surface area contributed by atoms with Gasteiger partial charge in [0, 0.05) is 22.7 Å². The molecule has 5 nitrogen and oxygen atoms in total. The fourth-order valence-electron chi connectivity index (χ4n) is 4.73. The van der Waals surface area contributed by atoms with Crippen LogP contribution in [0.5, 0.6) is 5.75 Å². The second kappa shape index (κ2) is 8.91. The minimum Gasteiger partial charge on any atom is -0.489 e. The summed E-state index contributed by atoms with van der Waals surface area (Å²) in [7, 11) is 2.22. The van der Waals surface area contributed by atoms with E-state index in [0.29, 0.717) is 12.6 Å². The third-order valence-corrected chi connectivity index (χ3v) is 6.70. The van der Waals surface area contributed by atoms with Crippen molar-refractivity contribution in [3.63, 3.8) is 0 Å². The van der Waals surface area contributed by atoms with Crippen molar-refractivity contribution >= 4 is 5.82 Å². The first kappa shape index (κ1) is 22.3. The average molecular weight is 431 g/mol. The van der Waals surface area contributed by atoms with Crippen LogP contribution in [-0.4, -0.2) is 39.3 Å². The maximum absolute atomic E-state index is 5.96. The van der Waals surface area contributed by atoms with Crippen molar-refractivity contribution < 1.29 is 4.74 Å². The highest BCUT2D eigenvalue weighted by Gasteiger charge is 2.43. The molecule has 0 bridgehead atoms. The van der Waals surface area contributed by atoms with Crippen molar-refractivity contribution in [2.75, 3.05) is 12.4 Å². The van der Waals surface area contributed by atoms with Gasteiger partial charge in [0.2, 0.25) is 0 Å². The lowest BCUT2D eigenvalue weighted by Crippen LogP contribution is -2.61. The zero-order chi connectivity index (χ0) is 22.8. The van der Waals surface area contributed by atoms with Crippen LogP contribution >= 0.6 is 0 Å². The normalized spacial score (nSPS) is 18.3.